The van der Waals surface area contributed by atoms with E-state index >= 15 is 0 Å². The molecule has 0 aliphatic carbocycles. The van der Waals surface area contributed by atoms with Crippen molar-refractivity contribution >= 4 is 29.7 Å². The molecule has 1 aliphatic rings. The Balaban J connectivity index is 1.77. The first kappa shape index (κ1) is 14.4. The highest BCUT2D eigenvalue weighted by Gasteiger charge is 2.37. The van der Waals surface area contributed by atoms with E-state index in [0.29, 0.717) is 5.69 Å². The minimum atomic E-state index is -0.682. The minimum absolute atomic E-state index is 0.107. The number of imide groups is 1. The number of hydrogen-bond donors (Lipinski definition) is 0. The summed E-state index contributed by atoms with van der Waals surface area (Å²) in [7, 11) is 0. The summed E-state index contributed by atoms with van der Waals surface area (Å²) in [6.07, 6.45) is 1.15. The Hall–Kier alpha value is -3.49. The number of nitrogens with zero attached hydrogens (tertiary/aromatic N) is 4. The third kappa shape index (κ3) is 2.79. The molecule has 0 bridgehead atoms. The van der Waals surface area contributed by atoms with Gasteiger partial charge in [0.15, 0.2) is 5.76 Å². The minimum Gasteiger partial charge on any atom is -0.400 e. The standard InChI is InChI=1S/C14H10N4O5/c19-12-9-16(14(20)17(12)10-4-2-1-3-5-10)15-8-11-6-7-13(23-11)18(21)22/h1-8H,9H2. The number of carbonyl (C=O) groups excluding carboxylic acids is 2. The second-order valence-electron chi connectivity index (χ2n) is 4.58. The fourth-order valence-corrected chi connectivity index (χ4v) is 2.05. The highest BCUT2D eigenvalue weighted by atomic mass is 16.6. The smallest absolute Gasteiger partial charge is 0.400 e. The molecule has 2 aromatic rings. The van der Waals surface area contributed by atoms with Crippen LogP contribution in [0.25, 0.3) is 0 Å². The fourth-order valence-electron chi connectivity index (χ4n) is 2.05. The van der Waals surface area contributed by atoms with Crippen molar-refractivity contribution in [2.24, 2.45) is 5.10 Å². The third-order valence-electron chi connectivity index (χ3n) is 3.08. The Bertz CT molecular complexity index is 799. The summed E-state index contributed by atoms with van der Waals surface area (Å²) < 4.78 is 4.89. The van der Waals surface area contributed by atoms with E-state index in [-0.39, 0.29) is 12.3 Å². The number of hydrazone groups is 1. The van der Waals surface area contributed by atoms with Crippen molar-refractivity contribution in [2.45, 2.75) is 0 Å². The van der Waals surface area contributed by atoms with Gasteiger partial charge in [-0.25, -0.2) is 14.7 Å². The number of benzene rings is 1. The number of urea groups is 1. The number of para-hydroxylation sites is 1. The number of anilines is 1. The maximum atomic E-state index is 12.2. The summed E-state index contributed by atoms with van der Waals surface area (Å²) in [6, 6.07) is 10.4. The number of amides is 3. The quantitative estimate of drug-likeness (QED) is 0.371. The topological polar surface area (TPSA) is 109 Å². The third-order valence-corrected chi connectivity index (χ3v) is 3.08. The molecule has 1 aromatic carbocycles. The zero-order valence-electron chi connectivity index (χ0n) is 11.7. The van der Waals surface area contributed by atoms with Gasteiger partial charge >= 0.3 is 11.9 Å². The van der Waals surface area contributed by atoms with Crippen molar-refractivity contribution in [1.29, 1.82) is 0 Å². The lowest BCUT2D eigenvalue weighted by Gasteiger charge is -2.13. The summed E-state index contributed by atoms with van der Waals surface area (Å²) in [5, 5.41) is 15.3. The molecule has 0 spiro atoms. The van der Waals surface area contributed by atoms with Crippen molar-refractivity contribution in [3.63, 3.8) is 0 Å². The van der Waals surface area contributed by atoms with Gasteiger partial charge in [0.05, 0.1) is 18.0 Å². The van der Waals surface area contributed by atoms with Gasteiger partial charge in [-0.15, -0.1) is 0 Å². The van der Waals surface area contributed by atoms with Crippen molar-refractivity contribution in [2.75, 3.05) is 11.4 Å². The SMILES string of the molecule is O=C1CN(N=Cc2ccc([N+](=O)[O-])o2)C(=O)N1c1ccccc1. The van der Waals surface area contributed by atoms with Crippen LogP contribution in [0.3, 0.4) is 0 Å². The number of rotatable bonds is 4. The number of carbonyl (C=O) groups is 2. The Morgan fingerprint density at radius 3 is 2.57 bits per heavy atom. The lowest BCUT2D eigenvalue weighted by atomic mass is 10.3. The van der Waals surface area contributed by atoms with Crippen LogP contribution in [-0.2, 0) is 4.79 Å². The Labute approximate surface area is 129 Å². The molecule has 1 aromatic heterocycles. The molecular weight excluding hydrogens is 304 g/mol. The predicted octanol–water partition coefficient (Wildman–Crippen LogP) is 1.99. The molecule has 0 atom stereocenters. The number of nitro groups is 1. The van der Waals surface area contributed by atoms with Gasteiger partial charge in [0.1, 0.15) is 11.5 Å². The predicted molar refractivity (Wildman–Crippen MR) is 79.0 cm³/mol. The Morgan fingerprint density at radius 1 is 1.17 bits per heavy atom. The van der Waals surface area contributed by atoms with E-state index in [0.717, 1.165) is 16.1 Å². The van der Waals surface area contributed by atoms with Gasteiger partial charge in [-0.05, 0) is 18.2 Å². The van der Waals surface area contributed by atoms with Crippen LogP contribution in [0.5, 0.6) is 0 Å². The van der Waals surface area contributed by atoms with Crippen molar-refractivity contribution in [3.8, 4) is 0 Å². The molecule has 0 N–H and O–H groups in total. The number of hydrogen-bond acceptors (Lipinski definition) is 6. The van der Waals surface area contributed by atoms with Crippen LogP contribution in [0.2, 0.25) is 0 Å². The van der Waals surface area contributed by atoms with Gasteiger partial charge in [0.2, 0.25) is 0 Å². The van der Waals surface area contributed by atoms with Crippen LogP contribution in [0.15, 0.2) is 52.0 Å². The lowest BCUT2D eigenvalue weighted by Crippen LogP contribution is -2.31. The molecule has 0 radical (unpaired) electrons. The van der Waals surface area contributed by atoms with Gasteiger partial charge < -0.3 is 4.42 Å². The van der Waals surface area contributed by atoms with Gasteiger partial charge in [-0.1, -0.05) is 18.2 Å². The monoisotopic (exact) mass is 314 g/mol. The summed E-state index contributed by atoms with van der Waals surface area (Å²) in [5.41, 5.74) is 0.453. The molecular formula is C14H10N4O5. The molecule has 116 valence electrons. The molecule has 1 saturated heterocycles. The molecule has 3 amide bonds. The zero-order valence-corrected chi connectivity index (χ0v) is 11.7. The van der Waals surface area contributed by atoms with Crippen LogP contribution >= 0.6 is 0 Å². The Morgan fingerprint density at radius 2 is 1.91 bits per heavy atom. The van der Waals surface area contributed by atoms with E-state index in [1.54, 1.807) is 30.3 Å². The van der Waals surface area contributed by atoms with E-state index < -0.39 is 22.7 Å². The van der Waals surface area contributed by atoms with Gasteiger partial charge in [-0.3, -0.25) is 14.9 Å². The van der Waals surface area contributed by atoms with Crippen LogP contribution in [0.1, 0.15) is 5.76 Å². The van der Waals surface area contributed by atoms with Crippen LogP contribution in [-0.4, -0.2) is 34.6 Å². The summed E-state index contributed by atoms with van der Waals surface area (Å²) in [6.45, 7) is -0.215. The molecule has 9 heteroatoms. The van der Waals surface area contributed by atoms with Crippen LogP contribution < -0.4 is 4.90 Å². The molecule has 9 nitrogen and oxygen atoms in total. The van der Waals surface area contributed by atoms with Gasteiger partial charge in [-0.2, -0.15) is 5.10 Å². The van der Waals surface area contributed by atoms with E-state index in [1.165, 1.54) is 12.1 Å². The van der Waals surface area contributed by atoms with Crippen molar-refractivity contribution < 1.29 is 18.9 Å². The maximum absolute atomic E-state index is 12.2. The van der Waals surface area contributed by atoms with E-state index in [2.05, 4.69) is 5.10 Å². The molecule has 0 saturated carbocycles. The van der Waals surface area contributed by atoms with Gasteiger partial charge in [0.25, 0.3) is 5.91 Å². The fraction of sp³-hybridized carbons (Fsp3) is 0.0714. The normalized spacial score (nSPS) is 15.0. The molecule has 3 rings (SSSR count). The summed E-state index contributed by atoms with van der Waals surface area (Å²) in [4.78, 5) is 35.1. The first-order chi connectivity index (χ1) is 11.1. The highest BCUT2D eigenvalue weighted by Crippen LogP contribution is 2.21. The average Bonchev–Trinajstić information content (AvgIpc) is 3.11. The summed E-state index contributed by atoms with van der Waals surface area (Å²) >= 11 is 0. The van der Waals surface area contributed by atoms with E-state index in [4.69, 9.17) is 4.42 Å². The van der Waals surface area contributed by atoms with Crippen LogP contribution in [0.4, 0.5) is 16.4 Å². The zero-order chi connectivity index (χ0) is 16.4. The first-order valence-electron chi connectivity index (χ1n) is 6.54. The van der Waals surface area contributed by atoms with Crippen molar-refractivity contribution in [3.05, 3.63) is 58.3 Å². The molecule has 1 aliphatic heterocycles. The molecule has 23 heavy (non-hydrogen) atoms. The van der Waals surface area contributed by atoms with E-state index in [9.17, 15) is 19.7 Å². The molecule has 1 fully saturated rings. The second kappa shape index (κ2) is 5.72. The van der Waals surface area contributed by atoms with E-state index in [1.807, 2.05) is 0 Å². The van der Waals surface area contributed by atoms with Crippen molar-refractivity contribution in [1.82, 2.24) is 5.01 Å². The first-order valence-corrected chi connectivity index (χ1v) is 6.54. The van der Waals surface area contributed by atoms with Gasteiger partial charge in [0, 0.05) is 0 Å². The average molecular weight is 314 g/mol. The molecule has 2 heterocycles. The molecule has 0 unspecified atom stereocenters. The Kier molecular flexibility index (Phi) is 3.59. The van der Waals surface area contributed by atoms with Crippen LogP contribution in [0, 0.1) is 10.1 Å². The second-order valence-corrected chi connectivity index (χ2v) is 4.58. The lowest BCUT2D eigenvalue weighted by molar-refractivity contribution is -0.402. The highest BCUT2D eigenvalue weighted by molar-refractivity contribution is 6.19. The largest absolute Gasteiger partial charge is 0.433 e. The maximum Gasteiger partial charge on any atom is 0.433 e. The summed E-state index contributed by atoms with van der Waals surface area (Å²) in [5.74, 6) is -0.736. The number of furan rings is 1.